The molecule has 4 aromatic heterocycles. The normalized spacial score (nSPS) is 11.1. The first-order valence-corrected chi connectivity index (χ1v) is 11.7. The molecule has 0 bridgehead atoms. The van der Waals surface area contributed by atoms with E-state index < -0.39 is 5.82 Å². The predicted octanol–water partition coefficient (Wildman–Crippen LogP) is 5.44. The molecule has 0 amide bonds. The van der Waals surface area contributed by atoms with Crippen molar-refractivity contribution >= 4 is 27.6 Å². The largest absolute Gasteiger partial charge is 0.421 e. The van der Waals surface area contributed by atoms with Crippen LogP contribution in [-0.2, 0) is 7.05 Å². The molecular formula is C29H20FN7O. The number of anilines is 1. The lowest BCUT2D eigenvalue weighted by atomic mass is 9.97. The van der Waals surface area contributed by atoms with Gasteiger partial charge in [-0.05, 0) is 53.8 Å². The zero-order valence-corrected chi connectivity index (χ0v) is 20.5. The summed E-state index contributed by atoms with van der Waals surface area (Å²) in [7, 11) is 1.89. The highest BCUT2D eigenvalue weighted by molar-refractivity contribution is 6.08. The zero-order valence-electron chi connectivity index (χ0n) is 20.5. The summed E-state index contributed by atoms with van der Waals surface area (Å²) in [5.74, 6) is 2.30. The Morgan fingerprint density at radius 1 is 0.974 bits per heavy atom. The molecule has 184 valence electrons. The van der Waals surface area contributed by atoms with Crippen LogP contribution in [0, 0.1) is 25.1 Å². The number of aromatic nitrogens is 6. The Kier molecular flexibility index (Phi) is 5.43. The summed E-state index contributed by atoms with van der Waals surface area (Å²) in [4.78, 5) is 21.2. The molecule has 0 aliphatic rings. The average molecular weight is 502 g/mol. The maximum absolute atomic E-state index is 15.4. The van der Waals surface area contributed by atoms with Crippen molar-refractivity contribution in [2.45, 2.75) is 6.92 Å². The van der Waals surface area contributed by atoms with Crippen LogP contribution in [0.2, 0.25) is 0 Å². The number of nitrogens with two attached hydrogens (primary N) is 1. The van der Waals surface area contributed by atoms with Crippen LogP contribution >= 0.6 is 0 Å². The molecule has 2 aromatic carbocycles. The van der Waals surface area contributed by atoms with E-state index in [4.69, 9.17) is 16.9 Å². The number of hydrogen-bond donors (Lipinski definition) is 1. The van der Waals surface area contributed by atoms with Crippen molar-refractivity contribution in [2.75, 3.05) is 5.73 Å². The second kappa shape index (κ2) is 8.94. The lowest BCUT2D eigenvalue weighted by Crippen LogP contribution is -1.96. The number of nitrogen functional groups attached to an aromatic ring is 1. The molecule has 8 nitrogen and oxygen atoms in total. The highest BCUT2D eigenvalue weighted by Crippen LogP contribution is 2.43. The standard InChI is InChI=1S/C29H20FN7O/c1-4-21-12-20-11-18(5-6-19(20)14-33-21)26-24(25-27(31)34-15-35-28(25)37(26)3)17-7-8-23(22(30)13-17)38-29-32-10-9-16(2)36-29/h1,5-15H,2-3H3,(H2,31,34,35). The highest BCUT2D eigenvalue weighted by Gasteiger charge is 2.23. The zero-order chi connectivity index (χ0) is 26.4. The van der Waals surface area contributed by atoms with E-state index in [-0.39, 0.29) is 11.8 Å². The lowest BCUT2D eigenvalue weighted by molar-refractivity contribution is 0.410. The Hall–Kier alpha value is -5.36. The van der Waals surface area contributed by atoms with Gasteiger partial charge in [0, 0.05) is 36.1 Å². The number of pyridine rings is 1. The minimum absolute atomic E-state index is 0.00498. The van der Waals surface area contributed by atoms with Gasteiger partial charge in [-0.25, -0.2) is 29.3 Å². The van der Waals surface area contributed by atoms with Crippen LogP contribution in [0.3, 0.4) is 0 Å². The van der Waals surface area contributed by atoms with E-state index in [1.807, 2.05) is 35.9 Å². The Labute approximate surface area is 217 Å². The van der Waals surface area contributed by atoms with E-state index in [9.17, 15) is 0 Å². The van der Waals surface area contributed by atoms with E-state index in [0.717, 1.165) is 22.0 Å². The number of hydrogen-bond acceptors (Lipinski definition) is 7. The second-order valence-corrected chi connectivity index (χ2v) is 8.74. The first-order chi connectivity index (χ1) is 18.4. The van der Waals surface area contributed by atoms with Gasteiger partial charge < -0.3 is 15.0 Å². The van der Waals surface area contributed by atoms with E-state index in [0.29, 0.717) is 39.4 Å². The van der Waals surface area contributed by atoms with Gasteiger partial charge in [0.05, 0.1) is 11.1 Å². The molecule has 9 heteroatoms. The van der Waals surface area contributed by atoms with Crippen LogP contribution in [0.1, 0.15) is 11.4 Å². The van der Waals surface area contributed by atoms with E-state index in [1.54, 1.807) is 37.5 Å². The van der Waals surface area contributed by atoms with Crippen molar-refractivity contribution in [1.82, 2.24) is 29.5 Å². The number of aryl methyl sites for hydroxylation is 2. The summed E-state index contributed by atoms with van der Waals surface area (Å²) >= 11 is 0. The van der Waals surface area contributed by atoms with Crippen molar-refractivity contribution in [3.05, 3.63) is 84.5 Å². The second-order valence-electron chi connectivity index (χ2n) is 8.74. The van der Waals surface area contributed by atoms with Crippen molar-refractivity contribution < 1.29 is 9.13 Å². The predicted molar refractivity (Wildman–Crippen MR) is 144 cm³/mol. The molecule has 0 aliphatic carbocycles. The third kappa shape index (κ3) is 3.85. The van der Waals surface area contributed by atoms with Crippen LogP contribution in [0.15, 0.2) is 67.3 Å². The summed E-state index contributed by atoms with van der Waals surface area (Å²) in [5, 5.41) is 2.49. The number of terminal acetylenes is 1. The molecule has 0 spiro atoms. The smallest absolute Gasteiger partial charge is 0.322 e. The van der Waals surface area contributed by atoms with Gasteiger partial charge in [0.15, 0.2) is 11.6 Å². The molecular weight excluding hydrogens is 481 g/mol. The number of nitrogens with zero attached hydrogens (tertiary/aromatic N) is 6. The van der Waals surface area contributed by atoms with Crippen LogP contribution in [0.5, 0.6) is 11.8 Å². The molecule has 6 aromatic rings. The van der Waals surface area contributed by atoms with Crippen LogP contribution in [-0.4, -0.2) is 29.5 Å². The quantitative estimate of drug-likeness (QED) is 0.321. The van der Waals surface area contributed by atoms with Gasteiger partial charge in [-0.15, -0.1) is 6.42 Å². The Morgan fingerprint density at radius 3 is 2.61 bits per heavy atom. The highest BCUT2D eigenvalue weighted by atomic mass is 19.1. The van der Waals surface area contributed by atoms with Crippen molar-refractivity contribution in [3.63, 3.8) is 0 Å². The third-order valence-corrected chi connectivity index (χ3v) is 6.33. The van der Waals surface area contributed by atoms with E-state index in [1.165, 1.54) is 12.4 Å². The molecule has 0 radical (unpaired) electrons. The lowest BCUT2D eigenvalue weighted by Gasteiger charge is -2.12. The van der Waals surface area contributed by atoms with Crippen molar-refractivity contribution in [1.29, 1.82) is 0 Å². The fourth-order valence-electron chi connectivity index (χ4n) is 4.57. The fourth-order valence-corrected chi connectivity index (χ4v) is 4.57. The number of rotatable bonds is 4. The monoisotopic (exact) mass is 501 g/mol. The van der Waals surface area contributed by atoms with Gasteiger partial charge in [-0.3, -0.25) is 0 Å². The molecule has 4 heterocycles. The molecule has 0 atom stereocenters. The van der Waals surface area contributed by atoms with Gasteiger partial charge in [-0.1, -0.05) is 24.1 Å². The molecule has 0 aliphatic heterocycles. The fraction of sp³-hybridized carbons (Fsp3) is 0.0690. The Balaban J connectivity index is 1.55. The van der Waals surface area contributed by atoms with Crippen molar-refractivity contribution in [2.24, 2.45) is 7.05 Å². The first-order valence-electron chi connectivity index (χ1n) is 11.7. The maximum atomic E-state index is 15.4. The molecule has 0 fully saturated rings. The van der Waals surface area contributed by atoms with Crippen molar-refractivity contribution in [3.8, 4) is 46.5 Å². The van der Waals surface area contributed by atoms with Gasteiger partial charge in [0.25, 0.3) is 0 Å². The SMILES string of the molecule is C#Cc1cc2cc(-c3c(-c4ccc(Oc5nccc(C)n5)c(F)c4)c4c(N)ncnc4n3C)ccc2cn1. The topological polar surface area (TPSA) is 105 Å². The number of ether oxygens (including phenoxy) is 1. The summed E-state index contributed by atoms with van der Waals surface area (Å²) < 4.78 is 22.9. The average Bonchev–Trinajstić information content (AvgIpc) is 3.22. The summed E-state index contributed by atoms with van der Waals surface area (Å²) in [6.45, 7) is 1.80. The molecule has 0 unspecified atom stereocenters. The van der Waals surface area contributed by atoms with Crippen LogP contribution in [0.4, 0.5) is 10.2 Å². The third-order valence-electron chi connectivity index (χ3n) is 6.33. The summed E-state index contributed by atoms with van der Waals surface area (Å²) in [5.41, 5.74) is 11.2. The number of benzene rings is 2. The first kappa shape index (κ1) is 23.1. The molecule has 2 N–H and O–H groups in total. The van der Waals surface area contributed by atoms with Gasteiger partial charge >= 0.3 is 6.01 Å². The summed E-state index contributed by atoms with van der Waals surface area (Å²) in [6, 6.07) is 14.3. The minimum Gasteiger partial charge on any atom is -0.421 e. The van der Waals surface area contributed by atoms with Gasteiger partial charge in [0.2, 0.25) is 0 Å². The minimum atomic E-state index is -0.575. The molecule has 38 heavy (non-hydrogen) atoms. The number of halogens is 1. The molecule has 0 saturated carbocycles. The summed E-state index contributed by atoms with van der Waals surface area (Å²) in [6.07, 6.45) is 10.3. The van der Waals surface area contributed by atoms with Gasteiger partial charge in [-0.2, -0.15) is 0 Å². The Morgan fingerprint density at radius 2 is 1.82 bits per heavy atom. The maximum Gasteiger partial charge on any atom is 0.322 e. The Bertz CT molecular complexity index is 1920. The number of fused-ring (bicyclic) bond motifs is 2. The van der Waals surface area contributed by atoms with E-state index >= 15 is 4.39 Å². The van der Waals surface area contributed by atoms with Crippen LogP contribution in [0.25, 0.3) is 44.2 Å². The van der Waals surface area contributed by atoms with Crippen LogP contribution < -0.4 is 10.5 Å². The molecule has 6 rings (SSSR count). The molecule has 0 saturated heterocycles. The van der Waals surface area contributed by atoms with Gasteiger partial charge in [0.1, 0.15) is 23.5 Å². The van der Waals surface area contributed by atoms with E-state index in [2.05, 4.69) is 30.8 Å².